The third kappa shape index (κ3) is 2.97. The molecule has 0 aromatic heterocycles. The zero-order valence-corrected chi connectivity index (χ0v) is 12.6. The molecular formula is C16H20FN3O2. The Morgan fingerprint density at radius 1 is 1.45 bits per heavy atom. The van der Waals surface area contributed by atoms with E-state index < -0.39 is 11.7 Å². The van der Waals surface area contributed by atoms with Crippen LogP contribution in [0.5, 0.6) is 0 Å². The number of hydrogen-bond acceptors (Lipinski definition) is 3. The highest BCUT2D eigenvalue weighted by Gasteiger charge is 2.36. The minimum Gasteiger partial charge on any atom is -0.355 e. The van der Waals surface area contributed by atoms with Crippen LogP contribution >= 0.6 is 0 Å². The highest BCUT2D eigenvalue weighted by molar-refractivity contribution is 6.00. The highest BCUT2D eigenvalue weighted by Crippen LogP contribution is 2.28. The summed E-state index contributed by atoms with van der Waals surface area (Å²) in [5.41, 5.74) is 1.06. The van der Waals surface area contributed by atoms with E-state index in [9.17, 15) is 14.0 Å². The van der Waals surface area contributed by atoms with E-state index in [0.717, 1.165) is 18.7 Å². The smallest absolute Gasteiger partial charge is 0.227 e. The summed E-state index contributed by atoms with van der Waals surface area (Å²) in [5, 5.41) is 6.04. The Bertz CT molecular complexity index is 601. The first-order valence-corrected chi connectivity index (χ1v) is 7.59. The highest BCUT2D eigenvalue weighted by atomic mass is 19.1. The van der Waals surface area contributed by atoms with E-state index in [1.807, 2.05) is 0 Å². The van der Waals surface area contributed by atoms with Crippen LogP contribution in [0.1, 0.15) is 12.0 Å². The van der Waals surface area contributed by atoms with E-state index in [4.69, 9.17) is 0 Å². The molecule has 3 rings (SSSR count). The van der Waals surface area contributed by atoms with Crippen LogP contribution in [0, 0.1) is 24.6 Å². The Kier molecular flexibility index (Phi) is 4.11. The van der Waals surface area contributed by atoms with E-state index in [-0.39, 0.29) is 30.5 Å². The van der Waals surface area contributed by atoms with Crippen molar-refractivity contribution in [2.24, 2.45) is 11.8 Å². The number of amides is 2. The van der Waals surface area contributed by atoms with E-state index in [1.165, 1.54) is 11.0 Å². The van der Waals surface area contributed by atoms with Crippen LogP contribution < -0.4 is 15.5 Å². The SMILES string of the molecule is Cc1ccc(N2CC(C(=O)NCC3CNC3)CC2=O)c(F)c1. The van der Waals surface area contributed by atoms with Crippen LogP contribution in [0.3, 0.4) is 0 Å². The predicted molar refractivity (Wildman–Crippen MR) is 81.0 cm³/mol. The van der Waals surface area contributed by atoms with Gasteiger partial charge in [0, 0.05) is 38.5 Å². The number of rotatable bonds is 4. The summed E-state index contributed by atoms with van der Waals surface area (Å²) in [4.78, 5) is 25.6. The minimum absolute atomic E-state index is 0.115. The quantitative estimate of drug-likeness (QED) is 0.866. The average Bonchev–Trinajstić information content (AvgIpc) is 2.79. The van der Waals surface area contributed by atoms with Crippen molar-refractivity contribution < 1.29 is 14.0 Å². The maximum Gasteiger partial charge on any atom is 0.227 e. The van der Waals surface area contributed by atoms with Crippen LogP contribution in [-0.2, 0) is 9.59 Å². The van der Waals surface area contributed by atoms with Crippen molar-refractivity contribution >= 4 is 17.5 Å². The molecule has 1 aromatic rings. The molecule has 2 aliphatic rings. The molecule has 2 heterocycles. The number of halogens is 1. The Morgan fingerprint density at radius 2 is 2.23 bits per heavy atom. The number of benzene rings is 1. The summed E-state index contributed by atoms with van der Waals surface area (Å²) in [6.45, 7) is 4.52. The number of anilines is 1. The molecule has 1 atom stereocenters. The first-order valence-electron chi connectivity index (χ1n) is 7.59. The Labute approximate surface area is 128 Å². The van der Waals surface area contributed by atoms with Crippen molar-refractivity contribution in [1.82, 2.24) is 10.6 Å². The molecular weight excluding hydrogens is 285 g/mol. The topological polar surface area (TPSA) is 61.4 Å². The fraction of sp³-hybridized carbons (Fsp3) is 0.500. The summed E-state index contributed by atoms with van der Waals surface area (Å²) in [7, 11) is 0. The van der Waals surface area contributed by atoms with E-state index in [2.05, 4.69) is 10.6 Å². The Morgan fingerprint density at radius 3 is 2.86 bits per heavy atom. The molecule has 2 fully saturated rings. The van der Waals surface area contributed by atoms with Crippen LogP contribution in [0.4, 0.5) is 10.1 Å². The molecule has 0 spiro atoms. The zero-order valence-electron chi connectivity index (χ0n) is 12.6. The van der Waals surface area contributed by atoms with Crippen LogP contribution in [0.15, 0.2) is 18.2 Å². The third-order valence-corrected chi connectivity index (χ3v) is 4.32. The van der Waals surface area contributed by atoms with Gasteiger partial charge in [0.1, 0.15) is 5.82 Å². The van der Waals surface area contributed by atoms with Gasteiger partial charge in [0.05, 0.1) is 11.6 Å². The van der Waals surface area contributed by atoms with Crippen molar-refractivity contribution in [1.29, 1.82) is 0 Å². The van der Waals surface area contributed by atoms with Crippen molar-refractivity contribution in [3.05, 3.63) is 29.6 Å². The summed E-state index contributed by atoms with van der Waals surface area (Å²) < 4.78 is 14.0. The number of nitrogens with zero attached hydrogens (tertiary/aromatic N) is 1. The Balaban J connectivity index is 1.63. The van der Waals surface area contributed by atoms with Gasteiger partial charge in [0.25, 0.3) is 0 Å². The maximum absolute atomic E-state index is 14.0. The molecule has 22 heavy (non-hydrogen) atoms. The summed E-state index contributed by atoms with van der Waals surface area (Å²) in [5.74, 6) is -0.661. The largest absolute Gasteiger partial charge is 0.355 e. The van der Waals surface area contributed by atoms with Gasteiger partial charge in [-0.1, -0.05) is 6.07 Å². The van der Waals surface area contributed by atoms with E-state index >= 15 is 0 Å². The van der Waals surface area contributed by atoms with Crippen LogP contribution in [0.25, 0.3) is 0 Å². The number of hydrogen-bond donors (Lipinski definition) is 2. The van der Waals surface area contributed by atoms with Crippen molar-refractivity contribution in [2.75, 3.05) is 31.1 Å². The first kappa shape index (κ1) is 15.0. The fourth-order valence-electron chi connectivity index (χ4n) is 2.83. The third-order valence-electron chi connectivity index (χ3n) is 4.32. The second-order valence-corrected chi connectivity index (χ2v) is 6.13. The molecule has 118 valence electrons. The molecule has 1 unspecified atom stereocenters. The van der Waals surface area contributed by atoms with Crippen LogP contribution in [-0.4, -0.2) is 38.0 Å². The van der Waals surface area contributed by atoms with E-state index in [0.29, 0.717) is 12.5 Å². The minimum atomic E-state index is -0.421. The normalized spacial score (nSPS) is 21.8. The van der Waals surface area contributed by atoms with E-state index in [1.54, 1.807) is 19.1 Å². The molecule has 6 heteroatoms. The molecule has 0 bridgehead atoms. The summed E-state index contributed by atoms with van der Waals surface area (Å²) in [6, 6.07) is 4.77. The number of carbonyl (C=O) groups is 2. The number of aryl methyl sites for hydroxylation is 1. The monoisotopic (exact) mass is 305 g/mol. The molecule has 5 nitrogen and oxygen atoms in total. The molecule has 0 saturated carbocycles. The molecule has 2 N–H and O–H groups in total. The van der Waals surface area contributed by atoms with Crippen molar-refractivity contribution in [2.45, 2.75) is 13.3 Å². The lowest BCUT2D eigenvalue weighted by Crippen LogP contribution is -2.49. The fourth-order valence-corrected chi connectivity index (χ4v) is 2.83. The first-order chi connectivity index (χ1) is 10.5. The van der Waals surface area contributed by atoms with Gasteiger partial charge in [-0.15, -0.1) is 0 Å². The van der Waals surface area contributed by atoms with Gasteiger partial charge in [-0.2, -0.15) is 0 Å². The molecule has 0 radical (unpaired) electrons. The van der Waals surface area contributed by atoms with Gasteiger partial charge in [-0.3, -0.25) is 9.59 Å². The summed E-state index contributed by atoms with van der Waals surface area (Å²) in [6.07, 6.45) is 0.141. The second-order valence-electron chi connectivity index (χ2n) is 6.13. The molecule has 2 amide bonds. The van der Waals surface area contributed by atoms with Crippen LogP contribution in [0.2, 0.25) is 0 Å². The number of carbonyl (C=O) groups excluding carboxylic acids is 2. The van der Waals surface area contributed by atoms with Gasteiger partial charge in [0.15, 0.2) is 0 Å². The predicted octanol–water partition coefficient (Wildman–Crippen LogP) is 0.823. The molecule has 2 saturated heterocycles. The zero-order chi connectivity index (χ0) is 15.7. The lowest BCUT2D eigenvalue weighted by molar-refractivity contribution is -0.126. The lowest BCUT2D eigenvalue weighted by atomic mass is 10.0. The standard InChI is InChI=1S/C16H20FN3O2/c1-10-2-3-14(13(17)4-10)20-9-12(5-15(20)21)16(22)19-8-11-6-18-7-11/h2-4,11-12,18H,5-9H2,1H3,(H,19,22). The average molecular weight is 305 g/mol. The van der Waals surface area contributed by atoms with Gasteiger partial charge in [-0.25, -0.2) is 4.39 Å². The molecule has 1 aromatic carbocycles. The molecule has 2 aliphatic heterocycles. The molecule has 0 aliphatic carbocycles. The van der Waals surface area contributed by atoms with Crippen molar-refractivity contribution in [3.8, 4) is 0 Å². The second kappa shape index (κ2) is 6.04. The van der Waals surface area contributed by atoms with Gasteiger partial charge >= 0.3 is 0 Å². The van der Waals surface area contributed by atoms with Gasteiger partial charge < -0.3 is 15.5 Å². The number of nitrogens with one attached hydrogen (secondary N) is 2. The van der Waals surface area contributed by atoms with Gasteiger partial charge in [-0.05, 0) is 24.6 Å². The Hall–Kier alpha value is -1.95. The summed E-state index contributed by atoms with van der Waals surface area (Å²) >= 11 is 0. The lowest BCUT2D eigenvalue weighted by Gasteiger charge is -2.27. The maximum atomic E-state index is 14.0. The van der Waals surface area contributed by atoms with Gasteiger partial charge in [0.2, 0.25) is 11.8 Å². The van der Waals surface area contributed by atoms with Crippen molar-refractivity contribution in [3.63, 3.8) is 0 Å².